The van der Waals surface area contributed by atoms with E-state index in [1.54, 1.807) is 13.3 Å². The molecule has 2 saturated heterocycles. The number of aryl methyl sites for hydroxylation is 1. The van der Waals surface area contributed by atoms with Crippen molar-refractivity contribution in [3.8, 4) is 11.1 Å². The van der Waals surface area contributed by atoms with Gasteiger partial charge in [-0.3, -0.25) is 10.2 Å². The maximum atomic E-state index is 13.4. The fourth-order valence-electron chi connectivity index (χ4n) is 6.10. The molecule has 2 N–H and O–H groups in total. The predicted octanol–water partition coefficient (Wildman–Crippen LogP) is 3.80. The van der Waals surface area contributed by atoms with Crippen molar-refractivity contribution in [2.75, 3.05) is 88.6 Å². The van der Waals surface area contributed by atoms with Gasteiger partial charge in [-0.1, -0.05) is 35.6 Å². The fourth-order valence-corrected chi connectivity index (χ4v) is 9.06. The Kier molecular flexibility index (Phi) is 9.89. The lowest BCUT2D eigenvalue weighted by Gasteiger charge is -2.35. The Balaban J connectivity index is 1.08. The molecule has 4 aromatic rings. The third kappa shape index (κ3) is 7.33. The SMILES string of the molecule is COC(=O)Nc1nc(C)c(S(=O)(=O)N2CCN(C[C@H](C)Nc3ncnc4c(-c5ccc(N6CCN(C)CC6)cc5)cccc34)CC2)s1. The summed E-state index contributed by atoms with van der Waals surface area (Å²) < 4.78 is 33.0. The topological polar surface area (TPSA) is 136 Å². The van der Waals surface area contributed by atoms with Crippen molar-refractivity contribution in [2.45, 2.75) is 24.1 Å². The number of thiazole rings is 1. The van der Waals surface area contributed by atoms with Crippen molar-refractivity contribution in [3.63, 3.8) is 0 Å². The molecule has 0 unspecified atom stereocenters. The summed E-state index contributed by atoms with van der Waals surface area (Å²) >= 11 is 0.932. The number of benzene rings is 2. The van der Waals surface area contributed by atoms with Gasteiger partial charge in [-0.15, -0.1) is 0 Å². The molecule has 1 amide bonds. The Labute approximate surface area is 279 Å². The molecule has 0 aliphatic carbocycles. The summed E-state index contributed by atoms with van der Waals surface area (Å²) in [5.41, 5.74) is 4.67. The molecule has 4 heterocycles. The Bertz CT molecular complexity index is 1820. The van der Waals surface area contributed by atoms with Crippen LogP contribution in [0.15, 0.2) is 53.0 Å². The van der Waals surface area contributed by atoms with E-state index in [0.29, 0.717) is 31.9 Å². The van der Waals surface area contributed by atoms with Gasteiger partial charge < -0.3 is 19.9 Å². The zero-order chi connectivity index (χ0) is 33.1. The molecule has 2 aromatic carbocycles. The molecule has 2 aliphatic heterocycles. The van der Waals surface area contributed by atoms with Crippen molar-refractivity contribution in [1.29, 1.82) is 0 Å². The van der Waals surface area contributed by atoms with Crippen LogP contribution in [0.2, 0.25) is 0 Å². The number of anilines is 3. The second-order valence-corrected chi connectivity index (χ2v) is 15.2. The lowest BCUT2D eigenvalue weighted by Crippen LogP contribution is -2.50. The highest BCUT2D eigenvalue weighted by molar-refractivity contribution is 7.91. The quantitative estimate of drug-likeness (QED) is 0.267. The van der Waals surface area contributed by atoms with E-state index < -0.39 is 16.1 Å². The van der Waals surface area contributed by atoms with Gasteiger partial charge >= 0.3 is 6.09 Å². The average Bonchev–Trinajstić information content (AvgIpc) is 3.45. The van der Waals surface area contributed by atoms with E-state index in [1.807, 2.05) is 12.1 Å². The number of rotatable bonds is 9. The average molecular weight is 680 g/mol. The van der Waals surface area contributed by atoms with Gasteiger partial charge in [0.15, 0.2) is 9.34 Å². The van der Waals surface area contributed by atoms with E-state index in [1.165, 1.54) is 17.1 Å². The molecule has 0 radical (unpaired) electrons. The number of amides is 1. The van der Waals surface area contributed by atoms with Gasteiger partial charge in [0.1, 0.15) is 12.1 Å². The van der Waals surface area contributed by atoms with Gasteiger partial charge in [-0.25, -0.2) is 28.2 Å². The van der Waals surface area contributed by atoms with Crippen LogP contribution in [0.3, 0.4) is 0 Å². The maximum Gasteiger partial charge on any atom is 0.413 e. The van der Waals surface area contributed by atoms with Crippen LogP contribution in [0.25, 0.3) is 22.0 Å². The first-order valence-corrected chi connectivity index (χ1v) is 18.0. The minimum Gasteiger partial charge on any atom is -0.453 e. The van der Waals surface area contributed by atoms with E-state index in [9.17, 15) is 13.2 Å². The summed E-state index contributed by atoms with van der Waals surface area (Å²) in [5, 5.41) is 7.17. The number of nitrogens with one attached hydrogen (secondary N) is 2. The van der Waals surface area contributed by atoms with Gasteiger partial charge in [-0.2, -0.15) is 4.31 Å². The van der Waals surface area contributed by atoms with E-state index in [4.69, 9.17) is 0 Å². The largest absolute Gasteiger partial charge is 0.453 e. The van der Waals surface area contributed by atoms with Crippen LogP contribution < -0.4 is 15.5 Å². The zero-order valence-corrected chi connectivity index (χ0v) is 28.8. The number of hydrogen-bond donors (Lipinski definition) is 2. The number of nitrogens with zero attached hydrogens (tertiary/aromatic N) is 7. The van der Waals surface area contributed by atoms with Crippen molar-refractivity contribution in [3.05, 3.63) is 54.5 Å². The highest BCUT2D eigenvalue weighted by atomic mass is 32.2. The van der Waals surface area contributed by atoms with Crippen molar-refractivity contribution in [1.82, 2.24) is 29.1 Å². The molecule has 6 rings (SSSR count). The number of fused-ring (bicyclic) bond motifs is 1. The summed E-state index contributed by atoms with van der Waals surface area (Å²) in [7, 11) is -0.335. The standard InChI is InChI=1S/C32H41N9O4S2/c1-22(20-39-14-18-41(19-15-39)47(43,44)30-23(2)36-31(46-30)37-32(42)45-4)35-29-27-7-5-6-26(28(27)33-21-34-29)24-8-10-25(11-9-24)40-16-12-38(3)13-17-40/h5-11,21-22H,12-20H2,1-4H3,(H,33,34,35)(H,36,37,42)/t22-/m0/s1. The van der Waals surface area contributed by atoms with E-state index >= 15 is 0 Å². The smallest absolute Gasteiger partial charge is 0.413 e. The number of aromatic nitrogens is 3. The molecule has 15 heteroatoms. The molecular formula is C32H41N9O4S2. The van der Waals surface area contributed by atoms with E-state index in [2.05, 4.69) is 89.3 Å². The number of piperazine rings is 2. The van der Waals surface area contributed by atoms with Crippen molar-refractivity contribution < 1.29 is 17.9 Å². The van der Waals surface area contributed by atoms with Gasteiger partial charge in [0.25, 0.3) is 10.0 Å². The first-order valence-electron chi connectivity index (χ1n) is 15.7. The Morgan fingerprint density at radius 1 is 1.00 bits per heavy atom. The summed E-state index contributed by atoms with van der Waals surface area (Å²) in [6.45, 7) is 10.6. The van der Waals surface area contributed by atoms with E-state index in [-0.39, 0.29) is 15.4 Å². The fraction of sp³-hybridized carbons (Fsp3) is 0.438. The summed E-state index contributed by atoms with van der Waals surface area (Å²) in [4.78, 5) is 32.0. The maximum absolute atomic E-state index is 13.4. The minimum atomic E-state index is -3.74. The number of ether oxygens (including phenoxy) is 1. The zero-order valence-electron chi connectivity index (χ0n) is 27.1. The molecule has 2 aliphatic rings. The Morgan fingerprint density at radius 3 is 2.43 bits per heavy atom. The number of hydrogen-bond acceptors (Lipinski definition) is 12. The molecule has 0 bridgehead atoms. The van der Waals surface area contributed by atoms with Crippen LogP contribution in [-0.4, -0.2) is 123 Å². The highest BCUT2D eigenvalue weighted by Crippen LogP contribution is 2.32. The molecule has 2 aromatic heterocycles. The van der Waals surface area contributed by atoms with Crippen LogP contribution in [0.1, 0.15) is 12.6 Å². The second-order valence-electron chi connectivity index (χ2n) is 12.0. The van der Waals surface area contributed by atoms with Crippen molar-refractivity contribution >= 4 is 55.0 Å². The molecule has 0 spiro atoms. The van der Waals surface area contributed by atoms with Gasteiger partial charge in [0, 0.05) is 81.6 Å². The number of para-hydroxylation sites is 1. The third-order valence-corrected chi connectivity index (χ3v) is 12.2. The first-order chi connectivity index (χ1) is 22.6. The minimum absolute atomic E-state index is 0.0541. The predicted molar refractivity (Wildman–Crippen MR) is 186 cm³/mol. The second kappa shape index (κ2) is 14.1. The van der Waals surface area contributed by atoms with Gasteiger partial charge in [0.2, 0.25) is 0 Å². The first kappa shape index (κ1) is 33.0. The summed E-state index contributed by atoms with van der Waals surface area (Å²) in [6, 6.07) is 15.0. The third-order valence-electron chi connectivity index (χ3n) is 8.68. The van der Waals surface area contributed by atoms with Crippen LogP contribution >= 0.6 is 11.3 Å². The van der Waals surface area contributed by atoms with Crippen LogP contribution in [0.5, 0.6) is 0 Å². The molecule has 0 saturated carbocycles. The molecular weight excluding hydrogens is 639 g/mol. The summed E-state index contributed by atoms with van der Waals surface area (Å²) in [6.07, 6.45) is 0.914. The van der Waals surface area contributed by atoms with Crippen LogP contribution in [-0.2, 0) is 14.8 Å². The lowest BCUT2D eigenvalue weighted by molar-refractivity contribution is 0.184. The monoisotopic (exact) mass is 679 g/mol. The number of likely N-dealkylation sites (N-methyl/N-ethyl adjacent to an activating group) is 1. The molecule has 2 fully saturated rings. The number of carbonyl (C=O) groups excluding carboxylic acids is 1. The number of sulfonamides is 1. The van der Waals surface area contributed by atoms with Gasteiger partial charge in [-0.05, 0) is 44.7 Å². The van der Waals surface area contributed by atoms with Crippen LogP contribution in [0, 0.1) is 6.92 Å². The van der Waals surface area contributed by atoms with E-state index in [0.717, 1.165) is 71.9 Å². The number of carbonyl (C=O) groups is 1. The summed E-state index contributed by atoms with van der Waals surface area (Å²) in [5.74, 6) is 0.775. The lowest BCUT2D eigenvalue weighted by atomic mass is 10.0. The molecule has 1 atom stereocenters. The molecule has 13 nitrogen and oxygen atoms in total. The number of methoxy groups -OCH3 is 1. The normalized spacial score (nSPS) is 17.5. The van der Waals surface area contributed by atoms with Crippen molar-refractivity contribution in [2.24, 2.45) is 0 Å². The Hall–Kier alpha value is -3.89. The molecule has 47 heavy (non-hydrogen) atoms. The highest BCUT2D eigenvalue weighted by Gasteiger charge is 2.32. The molecule has 250 valence electrons. The Morgan fingerprint density at radius 2 is 1.72 bits per heavy atom. The van der Waals surface area contributed by atoms with Gasteiger partial charge in [0.05, 0.1) is 18.3 Å². The van der Waals surface area contributed by atoms with Crippen LogP contribution in [0.4, 0.5) is 21.4 Å².